The molecule has 118 valence electrons. The summed E-state index contributed by atoms with van der Waals surface area (Å²) in [4.78, 5) is 11.6. The number of hydrogen-bond donors (Lipinski definition) is 1. The summed E-state index contributed by atoms with van der Waals surface area (Å²) < 4.78 is 28.2. The van der Waals surface area contributed by atoms with Crippen LogP contribution in [0.25, 0.3) is 0 Å². The van der Waals surface area contributed by atoms with Crippen molar-refractivity contribution >= 4 is 6.09 Å². The van der Waals surface area contributed by atoms with Crippen molar-refractivity contribution in [2.24, 2.45) is 0 Å². The zero-order valence-corrected chi connectivity index (χ0v) is 12.0. The minimum Gasteiger partial charge on any atom is -0.441 e. The van der Waals surface area contributed by atoms with Gasteiger partial charge in [-0.2, -0.15) is 0 Å². The SMILES string of the molecule is CO[C@H]1O[C@@H]2CO[C@@H](c3ccccc3)O[C@H]2[C@H]2OC(=O)N[C@@H]12. The molecule has 0 aromatic heterocycles. The van der Waals surface area contributed by atoms with Gasteiger partial charge < -0.3 is 29.0 Å². The van der Waals surface area contributed by atoms with E-state index < -0.39 is 30.9 Å². The number of rotatable bonds is 2. The molecule has 1 N–H and O–H groups in total. The van der Waals surface area contributed by atoms with Gasteiger partial charge in [-0.05, 0) is 0 Å². The fraction of sp³-hybridized carbons (Fsp3) is 0.533. The number of ether oxygens (including phenoxy) is 5. The molecule has 3 saturated heterocycles. The number of carbonyl (C=O) groups is 1. The molecular formula is C15H17NO6. The highest BCUT2D eigenvalue weighted by Crippen LogP contribution is 2.36. The average Bonchev–Trinajstić information content (AvgIpc) is 2.96. The summed E-state index contributed by atoms with van der Waals surface area (Å²) in [6.07, 6.45) is -2.73. The van der Waals surface area contributed by atoms with Crippen molar-refractivity contribution in [2.45, 2.75) is 36.9 Å². The molecule has 4 rings (SSSR count). The molecule has 3 fully saturated rings. The molecule has 0 unspecified atom stereocenters. The third kappa shape index (κ3) is 2.26. The molecule has 3 aliphatic rings. The molecule has 0 spiro atoms. The Kier molecular flexibility index (Phi) is 3.50. The summed E-state index contributed by atoms with van der Waals surface area (Å²) in [5, 5.41) is 2.71. The minimum absolute atomic E-state index is 0.334. The topological polar surface area (TPSA) is 75.2 Å². The number of methoxy groups -OCH3 is 1. The molecule has 1 aromatic carbocycles. The predicted molar refractivity (Wildman–Crippen MR) is 72.9 cm³/mol. The lowest BCUT2D eigenvalue weighted by Gasteiger charge is -2.45. The number of benzene rings is 1. The van der Waals surface area contributed by atoms with Crippen LogP contribution in [0.2, 0.25) is 0 Å². The Morgan fingerprint density at radius 2 is 2.00 bits per heavy atom. The van der Waals surface area contributed by atoms with Crippen LogP contribution in [0.5, 0.6) is 0 Å². The third-order valence-electron chi connectivity index (χ3n) is 4.17. The third-order valence-corrected chi connectivity index (χ3v) is 4.17. The van der Waals surface area contributed by atoms with Gasteiger partial charge in [-0.15, -0.1) is 0 Å². The van der Waals surface area contributed by atoms with Gasteiger partial charge in [-0.25, -0.2) is 4.79 Å². The second-order valence-electron chi connectivity index (χ2n) is 5.50. The van der Waals surface area contributed by atoms with Crippen LogP contribution in [0.4, 0.5) is 4.79 Å². The molecule has 22 heavy (non-hydrogen) atoms. The lowest BCUT2D eigenvalue weighted by molar-refractivity contribution is -0.334. The van der Waals surface area contributed by atoms with E-state index in [1.54, 1.807) is 0 Å². The first-order valence-electron chi connectivity index (χ1n) is 7.23. The zero-order valence-electron chi connectivity index (χ0n) is 12.0. The minimum atomic E-state index is -0.571. The van der Waals surface area contributed by atoms with E-state index >= 15 is 0 Å². The van der Waals surface area contributed by atoms with Crippen LogP contribution in [-0.4, -0.2) is 50.5 Å². The highest BCUT2D eigenvalue weighted by molar-refractivity contribution is 5.70. The number of alkyl carbamates (subject to hydrolysis) is 1. The van der Waals surface area contributed by atoms with Gasteiger partial charge in [-0.1, -0.05) is 30.3 Å². The molecule has 0 aliphatic carbocycles. The molecule has 6 atom stereocenters. The van der Waals surface area contributed by atoms with Gasteiger partial charge in [-0.3, -0.25) is 0 Å². The quantitative estimate of drug-likeness (QED) is 0.877. The van der Waals surface area contributed by atoms with Crippen molar-refractivity contribution in [2.75, 3.05) is 13.7 Å². The number of amides is 1. The molecule has 3 heterocycles. The van der Waals surface area contributed by atoms with Crippen molar-refractivity contribution in [1.29, 1.82) is 0 Å². The molecule has 0 radical (unpaired) electrons. The number of fused-ring (bicyclic) bond motifs is 3. The number of nitrogens with one attached hydrogen (secondary N) is 1. The van der Waals surface area contributed by atoms with E-state index in [2.05, 4.69) is 5.32 Å². The van der Waals surface area contributed by atoms with Crippen LogP contribution in [-0.2, 0) is 23.7 Å². The largest absolute Gasteiger partial charge is 0.441 e. The Morgan fingerprint density at radius 1 is 1.18 bits per heavy atom. The van der Waals surface area contributed by atoms with E-state index in [4.69, 9.17) is 23.7 Å². The summed E-state index contributed by atoms with van der Waals surface area (Å²) in [6, 6.07) is 9.26. The Bertz CT molecular complexity index is 552. The van der Waals surface area contributed by atoms with Gasteiger partial charge in [0.1, 0.15) is 18.2 Å². The van der Waals surface area contributed by atoms with Crippen LogP contribution >= 0.6 is 0 Å². The van der Waals surface area contributed by atoms with E-state index in [0.29, 0.717) is 6.61 Å². The number of hydrogen-bond acceptors (Lipinski definition) is 6. The maximum atomic E-state index is 11.6. The fourth-order valence-electron chi connectivity index (χ4n) is 3.14. The fourth-order valence-corrected chi connectivity index (χ4v) is 3.14. The lowest BCUT2D eigenvalue weighted by Crippen LogP contribution is -2.62. The predicted octanol–water partition coefficient (Wildman–Crippen LogP) is 0.949. The highest BCUT2D eigenvalue weighted by atomic mass is 16.8. The Morgan fingerprint density at radius 3 is 2.77 bits per heavy atom. The zero-order chi connectivity index (χ0) is 15.1. The van der Waals surface area contributed by atoms with E-state index in [-0.39, 0.29) is 12.1 Å². The first kappa shape index (κ1) is 14.0. The van der Waals surface area contributed by atoms with Gasteiger partial charge in [0.25, 0.3) is 0 Å². The average molecular weight is 307 g/mol. The van der Waals surface area contributed by atoms with Gasteiger partial charge in [0.05, 0.1) is 6.61 Å². The van der Waals surface area contributed by atoms with Gasteiger partial charge >= 0.3 is 6.09 Å². The number of carbonyl (C=O) groups excluding carboxylic acids is 1. The summed E-state index contributed by atoms with van der Waals surface area (Å²) in [5.74, 6) is 0. The summed E-state index contributed by atoms with van der Waals surface area (Å²) in [7, 11) is 1.53. The molecule has 0 bridgehead atoms. The highest BCUT2D eigenvalue weighted by Gasteiger charge is 2.55. The van der Waals surface area contributed by atoms with Crippen molar-refractivity contribution < 1.29 is 28.5 Å². The van der Waals surface area contributed by atoms with Gasteiger partial charge in [0.15, 0.2) is 18.7 Å². The van der Waals surface area contributed by atoms with Crippen LogP contribution in [0.1, 0.15) is 11.9 Å². The summed E-state index contributed by atoms with van der Waals surface area (Å²) in [5.41, 5.74) is 0.920. The monoisotopic (exact) mass is 307 g/mol. The van der Waals surface area contributed by atoms with Crippen LogP contribution in [0.15, 0.2) is 30.3 Å². The van der Waals surface area contributed by atoms with Gasteiger partial charge in [0, 0.05) is 12.7 Å². The van der Waals surface area contributed by atoms with E-state index in [9.17, 15) is 4.79 Å². The van der Waals surface area contributed by atoms with Crippen LogP contribution in [0, 0.1) is 0 Å². The second kappa shape index (κ2) is 5.51. The molecule has 1 aromatic rings. The maximum Gasteiger partial charge on any atom is 0.408 e. The molecule has 0 saturated carbocycles. The maximum absolute atomic E-state index is 11.6. The van der Waals surface area contributed by atoms with Crippen molar-refractivity contribution in [3.8, 4) is 0 Å². The molecule has 7 nitrogen and oxygen atoms in total. The van der Waals surface area contributed by atoms with E-state index in [1.165, 1.54) is 7.11 Å². The van der Waals surface area contributed by atoms with Crippen molar-refractivity contribution in [3.05, 3.63) is 35.9 Å². The van der Waals surface area contributed by atoms with Crippen LogP contribution in [0.3, 0.4) is 0 Å². The standard InChI is InChI=1S/C15H17NO6/c1-18-14-10-12(22-15(17)16-10)11-9(20-14)7-19-13(21-11)8-5-3-2-4-6-8/h2-6,9-14H,7H2,1H3,(H,16,17)/t9-,10-,11-,12+,13-,14+/m1/s1. The smallest absolute Gasteiger partial charge is 0.408 e. The van der Waals surface area contributed by atoms with Crippen molar-refractivity contribution in [3.63, 3.8) is 0 Å². The van der Waals surface area contributed by atoms with E-state index in [1.807, 2.05) is 30.3 Å². The molecule has 7 heteroatoms. The van der Waals surface area contributed by atoms with E-state index in [0.717, 1.165) is 5.56 Å². The molecule has 1 amide bonds. The van der Waals surface area contributed by atoms with Crippen LogP contribution < -0.4 is 5.32 Å². The summed E-state index contributed by atoms with van der Waals surface area (Å²) >= 11 is 0. The normalized spacial score (nSPS) is 40.3. The first-order valence-corrected chi connectivity index (χ1v) is 7.23. The molecule has 3 aliphatic heterocycles. The Hall–Kier alpha value is -1.67. The molecular weight excluding hydrogens is 290 g/mol. The van der Waals surface area contributed by atoms with Crippen molar-refractivity contribution in [1.82, 2.24) is 5.32 Å². The van der Waals surface area contributed by atoms with Gasteiger partial charge in [0.2, 0.25) is 0 Å². The summed E-state index contributed by atoms with van der Waals surface area (Å²) in [6.45, 7) is 0.352. The second-order valence-corrected chi connectivity index (χ2v) is 5.50. The first-order chi connectivity index (χ1) is 10.8. The Labute approximate surface area is 127 Å². The Balaban J connectivity index is 1.56. The lowest BCUT2D eigenvalue weighted by atomic mass is 9.96.